The molecule has 1 aromatic heterocycles. The predicted molar refractivity (Wildman–Crippen MR) is 68.9 cm³/mol. The van der Waals surface area contributed by atoms with Gasteiger partial charge in [0, 0.05) is 29.9 Å². The van der Waals surface area contributed by atoms with Gasteiger partial charge in [0.05, 0.1) is 4.90 Å². The molecule has 0 fully saturated rings. The summed E-state index contributed by atoms with van der Waals surface area (Å²) >= 11 is 5.71. The van der Waals surface area contributed by atoms with Crippen LogP contribution in [0, 0.1) is 0 Å². The number of benzene rings is 1. The minimum atomic E-state index is -3.47. The molecular formula is C11H12ClN3O2S. The van der Waals surface area contributed by atoms with Crippen LogP contribution >= 0.6 is 11.6 Å². The third-order valence-electron chi connectivity index (χ3n) is 2.37. The molecule has 0 saturated carbocycles. The van der Waals surface area contributed by atoms with Gasteiger partial charge in [-0.25, -0.2) is 13.1 Å². The van der Waals surface area contributed by atoms with E-state index >= 15 is 0 Å². The maximum atomic E-state index is 11.9. The molecule has 1 aromatic carbocycles. The van der Waals surface area contributed by atoms with E-state index < -0.39 is 10.0 Å². The first kappa shape index (κ1) is 13.1. The number of sulfonamides is 1. The Balaban J connectivity index is 1.97. The summed E-state index contributed by atoms with van der Waals surface area (Å²) in [6, 6.07) is 7.84. The molecule has 0 unspecified atom stereocenters. The first-order valence-corrected chi connectivity index (χ1v) is 7.17. The normalized spacial score (nSPS) is 11.6. The minimum absolute atomic E-state index is 0.205. The molecule has 5 nitrogen and oxygen atoms in total. The lowest BCUT2D eigenvalue weighted by atomic mass is 10.3. The lowest BCUT2D eigenvalue weighted by Crippen LogP contribution is -2.26. The van der Waals surface area contributed by atoms with Gasteiger partial charge in [0.25, 0.3) is 0 Å². The first-order valence-electron chi connectivity index (χ1n) is 5.31. The topological polar surface area (TPSA) is 74.8 Å². The van der Waals surface area contributed by atoms with Crippen molar-refractivity contribution >= 4 is 21.6 Å². The van der Waals surface area contributed by atoms with Gasteiger partial charge >= 0.3 is 0 Å². The molecule has 0 aliphatic heterocycles. The summed E-state index contributed by atoms with van der Waals surface area (Å²) in [6.07, 6.45) is 2.19. The third kappa shape index (κ3) is 3.32. The van der Waals surface area contributed by atoms with Gasteiger partial charge in [-0.1, -0.05) is 11.6 Å². The Morgan fingerprint density at radius 1 is 1.22 bits per heavy atom. The molecule has 2 N–H and O–H groups in total. The van der Waals surface area contributed by atoms with Gasteiger partial charge in [-0.2, -0.15) is 5.10 Å². The number of aromatic nitrogens is 2. The summed E-state index contributed by atoms with van der Waals surface area (Å²) < 4.78 is 26.3. The Morgan fingerprint density at radius 3 is 2.56 bits per heavy atom. The predicted octanol–water partition coefficient (Wildman–Crippen LogP) is 1.58. The highest BCUT2D eigenvalue weighted by Gasteiger charge is 2.12. The number of halogens is 1. The maximum Gasteiger partial charge on any atom is 0.240 e. The molecule has 0 radical (unpaired) electrons. The van der Waals surface area contributed by atoms with Crippen molar-refractivity contribution in [2.45, 2.75) is 11.3 Å². The molecule has 7 heteroatoms. The van der Waals surface area contributed by atoms with E-state index in [0.717, 1.165) is 5.69 Å². The number of H-pyrrole nitrogens is 1. The van der Waals surface area contributed by atoms with E-state index in [0.29, 0.717) is 18.0 Å². The fraction of sp³-hybridized carbons (Fsp3) is 0.182. The molecule has 0 atom stereocenters. The fourth-order valence-electron chi connectivity index (χ4n) is 1.44. The standard InChI is InChI=1S/C11H12ClN3O2S/c12-9-1-3-11(4-2-9)18(16,17)14-8-6-10-5-7-13-15-10/h1-5,7,14H,6,8H2,(H,13,15). The Hall–Kier alpha value is -1.37. The van der Waals surface area contributed by atoms with E-state index in [1.807, 2.05) is 0 Å². The number of aromatic amines is 1. The van der Waals surface area contributed by atoms with Crippen LogP contribution in [0.2, 0.25) is 5.02 Å². The fourth-order valence-corrected chi connectivity index (χ4v) is 2.60. The van der Waals surface area contributed by atoms with Gasteiger partial charge in [-0.05, 0) is 30.3 Å². The number of nitrogens with one attached hydrogen (secondary N) is 2. The molecule has 18 heavy (non-hydrogen) atoms. The molecule has 0 bridgehead atoms. The van der Waals surface area contributed by atoms with Crippen molar-refractivity contribution < 1.29 is 8.42 Å². The van der Waals surface area contributed by atoms with Crippen LogP contribution in [-0.2, 0) is 16.4 Å². The zero-order chi connectivity index (χ0) is 13.0. The second kappa shape index (κ2) is 5.51. The average molecular weight is 286 g/mol. The maximum absolute atomic E-state index is 11.9. The van der Waals surface area contributed by atoms with E-state index in [1.54, 1.807) is 24.4 Å². The van der Waals surface area contributed by atoms with Gasteiger partial charge < -0.3 is 0 Å². The number of nitrogens with zero attached hydrogens (tertiary/aromatic N) is 1. The molecule has 2 rings (SSSR count). The van der Waals surface area contributed by atoms with Crippen molar-refractivity contribution in [1.82, 2.24) is 14.9 Å². The summed E-state index contributed by atoms with van der Waals surface area (Å²) in [7, 11) is -3.47. The van der Waals surface area contributed by atoms with Crippen molar-refractivity contribution in [3.63, 3.8) is 0 Å². The number of hydrogen-bond acceptors (Lipinski definition) is 3. The Kier molecular flexibility index (Phi) is 4.00. The molecule has 96 valence electrons. The van der Waals surface area contributed by atoms with Gasteiger partial charge in [0.15, 0.2) is 0 Å². The summed E-state index contributed by atoms with van der Waals surface area (Å²) in [4.78, 5) is 0.205. The molecule has 2 aromatic rings. The van der Waals surface area contributed by atoms with Crippen molar-refractivity contribution in [3.05, 3.63) is 47.2 Å². The SMILES string of the molecule is O=S(=O)(NCCc1ccn[nH]1)c1ccc(Cl)cc1. The van der Waals surface area contributed by atoms with Crippen LogP contribution in [-0.4, -0.2) is 25.2 Å². The van der Waals surface area contributed by atoms with Crippen LogP contribution < -0.4 is 4.72 Å². The summed E-state index contributed by atoms with van der Waals surface area (Å²) in [5.74, 6) is 0. The molecular weight excluding hydrogens is 274 g/mol. The largest absolute Gasteiger partial charge is 0.283 e. The van der Waals surface area contributed by atoms with Crippen molar-refractivity contribution in [1.29, 1.82) is 0 Å². The van der Waals surface area contributed by atoms with E-state index in [4.69, 9.17) is 11.6 Å². The highest BCUT2D eigenvalue weighted by molar-refractivity contribution is 7.89. The Morgan fingerprint density at radius 2 is 1.94 bits per heavy atom. The van der Waals surface area contributed by atoms with Gasteiger partial charge in [0.1, 0.15) is 0 Å². The van der Waals surface area contributed by atoms with Gasteiger partial charge in [-0.3, -0.25) is 5.10 Å². The molecule has 0 saturated heterocycles. The van der Waals surface area contributed by atoms with E-state index in [9.17, 15) is 8.42 Å². The van der Waals surface area contributed by atoms with Crippen LogP contribution in [0.5, 0.6) is 0 Å². The van der Waals surface area contributed by atoms with Crippen LogP contribution in [0.4, 0.5) is 0 Å². The van der Waals surface area contributed by atoms with Crippen molar-refractivity contribution in [3.8, 4) is 0 Å². The second-order valence-electron chi connectivity index (χ2n) is 3.68. The summed E-state index contributed by atoms with van der Waals surface area (Å²) in [6.45, 7) is 0.313. The highest BCUT2D eigenvalue weighted by Crippen LogP contribution is 2.13. The first-order chi connectivity index (χ1) is 8.58. The minimum Gasteiger partial charge on any atom is -0.283 e. The second-order valence-corrected chi connectivity index (χ2v) is 5.89. The van der Waals surface area contributed by atoms with Gasteiger partial charge in [0.2, 0.25) is 10.0 Å². The molecule has 1 heterocycles. The van der Waals surface area contributed by atoms with E-state index in [-0.39, 0.29) is 4.90 Å². The van der Waals surface area contributed by atoms with E-state index in [1.165, 1.54) is 12.1 Å². The highest BCUT2D eigenvalue weighted by atomic mass is 35.5. The molecule has 0 spiro atoms. The average Bonchev–Trinajstić information content (AvgIpc) is 2.82. The zero-order valence-corrected chi connectivity index (χ0v) is 11.0. The summed E-state index contributed by atoms with van der Waals surface area (Å²) in [5, 5.41) is 7.06. The monoisotopic (exact) mass is 285 g/mol. The molecule has 0 amide bonds. The van der Waals surface area contributed by atoms with Crippen molar-refractivity contribution in [2.24, 2.45) is 0 Å². The van der Waals surface area contributed by atoms with Crippen LogP contribution in [0.1, 0.15) is 5.69 Å². The van der Waals surface area contributed by atoms with Crippen LogP contribution in [0.15, 0.2) is 41.4 Å². The summed E-state index contributed by atoms with van der Waals surface area (Å²) in [5.41, 5.74) is 0.883. The van der Waals surface area contributed by atoms with Gasteiger partial charge in [-0.15, -0.1) is 0 Å². The van der Waals surface area contributed by atoms with E-state index in [2.05, 4.69) is 14.9 Å². The Bertz CT molecular complexity index is 594. The molecule has 0 aliphatic carbocycles. The quantitative estimate of drug-likeness (QED) is 0.876. The van der Waals surface area contributed by atoms with Crippen LogP contribution in [0.3, 0.4) is 0 Å². The smallest absolute Gasteiger partial charge is 0.240 e. The number of hydrogen-bond donors (Lipinski definition) is 2. The molecule has 0 aliphatic rings. The van der Waals surface area contributed by atoms with Crippen LogP contribution in [0.25, 0.3) is 0 Å². The van der Waals surface area contributed by atoms with Crippen molar-refractivity contribution in [2.75, 3.05) is 6.54 Å². The lowest BCUT2D eigenvalue weighted by molar-refractivity contribution is 0.581. The third-order valence-corrected chi connectivity index (χ3v) is 4.10. The lowest BCUT2D eigenvalue weighted by Gasteiger charge is -2.05. The number of rotatable bonds is 5. The zero-order valence-electron chi connectivity index (χ0n) is 9.43. The Labute approximate surface area is 110 Å².